The quantitative estimate of drug-likeness (QED) is 0.632. The van der Waals surface area contributed by atoms with Crippen molar-refractivity contribution < 1.29 is 22.7 Å². The highest BCUT2D eigenvalue weighted by molar-refractivity contribution is 7.91. The van der Waals surface area contributed by atoms with Gasteiger partial charge >= 0.3 is 5.97 Å². The van der Waals surface area contributed by atoms with Gasteiger partial charge in [-0.1, -0.05) is 11.6 Å². The Morgan fingerprint density at radius 1 is 1.50 bits per heavy atom. The van der Waals surface area contributed by atoms with Gasteiger partial charge in [-0.15, -0.1) is 0 Å². The number of esters is 1. The lowest BCUT2D eigenvalue weighted by Gasteiger charge is -2.23. The van der Waals surface area contributed by atoms with Gasteiger partial charge in [-0.3, -0.25) is 4.79 Å². The zero-order chi connectivity index (χ0) is 16.4. The van der Waals surface area contributed by atoms with E-state index in [9.17, 15) is 18.0 Å². The Hall–Kier alpha value is -1.67. The van der Waals surface area contributed by atoms with E-state index in [1.807, 2.05) is 0 Å². The Bertz CT molecular complexity index is 706. The van der Waals surface area contributed by atoms with Crippen LogP contribution in [-0.2, 0) is 19.4 Å². The average molecular weight is 347 g/mol. The van der Waals surface area contributed by atoms with Crippen LogP contribution < -0.4 is 5.32 Å². The molecule has 22 heavy (non-hydrogen) atoms. The fourth-order valence-electron chi connectivity index (χ4n) is 2.23. The molecule has 1 aromatic heterocycles. The molecule has 1 aromatic rings. The van der Waals surface area contributed by atoms with Crippen LogP contribution in [-0.4, -0.2) is 48.9 Å². The molecule has 7 nitrogen and oxygen atoms in total. The largest absolute Gasteiger partial charge is 0.452 e. The lowest BCUT2D eigenvalue weighted by molar-refractivity contribution is -0.125. The van der Waals surface area contributed by atoms with E-state index in [4.69, 9.17) is 16.3 Å². The number of ether oxygens (including phenoxy) is 1. The summed E-state index contributed by atoms with van der Waals surface area (Å²) < 4.78 is 27.8. The van der Waals surface area contributed by atoms with Gasteiger partial charge in [0.05, 0.1) is 22.6 Å². The molecular weight excluding hydrogens is 332 g/mol. The molecule has 1 N–H and O–H groups in total. The minimum atomic E-state index is -3.13. The molecule has 2 rings (SSSR count). The maximum atomic E-state index is 11.8. The van der Waals surface area contributed by atoms with Gasteiger partial charge in [0.2, 0.25) is 0 Å². The van der Waals surface area contributed by atoms with Crippen molar-refractivity contribution in [2.75, 3.05) is 18.1 Å². The third-order valence-corrected chi connectivity index (χ3v) is 5.46. The van der Waals surface area contributed by atoms with Crippen LogP contribution >= 0.6 is 11.6 Å². The molecule has 9 heteroatoms. The van der Waals surface area contributed by atoms with Crippen LogP contribution in [0.2, 0.25) is 5.15 Å². The SMILES string of the molecule is C[C@]1(NC(=O)COC(=O)c2cccnc2Cl)CCS(=O)(=O)C1. The maximum absolute atomic E-state index is 11.8. The van der Waals surface area contributed by atoms with Crippen molar-refractivity contribution in [2.24, 2.45) is 0 Å². The van der Waals surface area contributed by atoms with Crippen LogP contribution in [0.5, 0.6) is 0 Å². The molecule has 0 radical (unpaired) electrons. The predicted octanol–water partition coefficient (Wildman–Crippen LogP) is 0.585. The van der Waals surface area contributed by atoms with E-state index in [0.717, 1.165) is 0 Å². The van der Waals surface area contributed by atoms with Crippen molar-refractivity contribution in [3.63, 3.8) is 0 Å². The summed E-state index contributed by atoms with van der Waals surface area (Å²) in [6.45, 7) is 1.13. The van der Waals surface area contributed by atoms with Crippen LogP contribution in [0.25, 0.3) is 0 Å². The Morgan fingerprint density at radius 3 is 2.82 bits per heavy atom. The third kappa shape index (κ3) is 4.17. The molecule has 0 unspecified atom stereocenters. The summed E-state index contributed by atoms with van der Waals surface area (Å²) in [5.74, 6) is -1.41. The van der Waals surface area contributed by atoms with Gasteiger partial charge in [0.15, 0.2) is 16.4 Å². The van der Waals surface area contributed by atoms with Gasteiger partial charge in [-0.2, -0.15) is 0 Å². The highest BCUT2D eigenvalue weighted by Crippen LogP contribution is 2.22. The van der Waals surface area contributed by atoms with Crippen LogP contribution in [0, 0.1) is 0 Å². The maximum Gasteiger partial charge on any atom is 0.341 e. The molecule has 1 atom stereocenters. The summed E-state index contributed by atoms with van der Waals surface area (Å²) in [5, 5.41) is 2.58. The monoisotopic (exact) mass is 346 g/mol. The van der Waals surface area contributed by atoms with Crippen molar-refractivity contribution >= 4 is 33.3 Å². The van der Waals surface area contributed by atoms with E-state index in [1.165, 1.54) is 18.3 Å². The van der Waals surface area contributed by atoms with Gasteiger partial charge in [0, 0.05) is 6.20 Å². The van der Waals surface area contributed by atoms with Crippen molar-refractivity contribution in [2.45, 2.75) is 18.9 Å². The number of hydrogen-bond acceptors (Lipinski definition) is 6. The van der Waals surface area contributed by atoms with Crippen LogP contribution in [0.4, 0.5) is 0 Å². The van der Waals surface area contributed by atoms with Crippen LogP contribution in [0.15, 0.2) is 18.3 Å². The first-order chi connectivity index (χ1) is 10.2. The van der Waals surface area contributed by atoms with Crippen molar-refractivity contribution in [3.8, 4) is 0 Å². The van der Waals surface area contributed by atoms with E-state index in [1.54, 1.807) is 6.92 Å². The minimum Gasteiger partial charge on any atom is -0.452 e. The Morgan fingerprint density at radius 2 is 2.23 bits per heavy atom. The second-order valence-corrected chi connectivity index (χ2v) is 7.91. The zero-order valence-electron chi connectivity index (χ0n) is 11.8. The molecule has 0 aromatic carbocycles. The number of aromatic nitrogens is 1. The summed E-state index contributed by atoms with van der Waals surface area (Å²) in [6, 6.07) is 2.95. The number of nitrogens with one attached hydrogen (secondary N) is 1. The van der Waals surface area contributed by atoms with Crippen molar-refractivity contribution in [1.82, 2.24) is 10.3 Å². The molecular formula is C13H15ClN2O5S. The Balaban J connectivity index is 1.89. The molecule has 0 aliphatic carbocycles. The topological polar surface area (TPSA) is 102 Å². The number of hydrogen-bond donors (Lipinski definition) is 1. The molecule has 0 bridgehead atoms. The first-order valence-electron chi connectivity index (χ1n) is 6.50. The second-order valence-electron chi connectivity index (χ2n) is 5.37. The van der Waals surface area contributed by atoms with Gasteiger partial charge in [-0.25, -0.2) is 18.2 Å². The summed E-state index contributed by atoms with van der Waals surface area (Å²) in [5.41, 5.74) is -0.763. The molecule has 1 aliphatic rings. The van der Waals surface area contributed by atoms with E-state index in [0.29, 0.717) is 6.42 Å². The Labute approximate surface area is 132 Å². The number of amides is 1. The van der Waals surface area contributed by atoms with Crippen molar-refractivity contribution in [1.29, 1.82) is 0 Å². The second kappa shape index (κ2) is 6.21. The summed E-state index contributed by atoms with van der Waals surface area (Å²) in [4.78, 5) is 27.3. The first-order valence-corrected chi connectivity index (χ1v) is 8.70. The zero-order valence-corrected chi connectivity index (χ0v) is 13.4. The number of carbonyl (C=O) groups is 2. The number of nitrogens with zero attached hydrogens (tertiary/aromatic N) is 1. The molecule has 2 heterocycles. The number of halogens is 1. The molecule has 1 aliphatic heterocycles. The smallest absolute Gasteiger partial charge is 0.341 e. The summed E-state index contributed by atoms with van der Waals surface area (Å²) in [6.07, 6.45) is 1.76. The first kappa shape index (κ1) is 16.7. The van der Waals surface area contributed by atoms with Crippen LogP contribution in [0.3, 0.4) is 0 Å². The lowest BCUT2D eigenvalue weighted by Crippen LogP contribution is -2.48. The predicted molar refractivity (Wildman–Crippen MR) is 79.3 cm³/mol. The van der Waals surface area contributed by atoms with E-state index >= 15 is 0 Å². The Kier molecular flexibility index (Phi) is 4.72. The highest BCUT2D eigenvalue weighted by Gasteiger charge is 2.39. The third-order valence-electron chi connectivity index (χ3n) is 3.26. The fourth-order valence-corrected chi connectivity index (χ4v) is 4.52. The average Bonchev–Trinajstić information content (AvgIpc) is 2.70. The van der Waals surface area contributed by atoms with E-state index in [2.05, 4.69) is 10.3 Å². The number of carbonyl (C=O) groups excluding carboxylic acids is 2. The standard InChI is InChI=1S/C13H15ClN2O5S/c1-13(4-6-22(19,20)8-13)16-10(17)7-21-12(18)9-3-2-5-15-11(9)14/h2-3,5H,4,6-8H2,1H3,(H,16,17)/t13-/m0/s1. The lowest BCUT2D eigenvalue weighted by atomic mass is 10.0. The molecule has 1 fully saturated rings. The van der Waals surface area contributed by atoms with E-state index < -0.39 is 33.9 Å². The summed E-state index contributed by atoms with van der Waals surface area (Å²) >= 11 is 5.75. The molecule has 1 amide bonds. The number of sulfone groups is 1. The van der Waals surface area contributed by atoms with Gasteiger partial charge in [0.25, 0.3) is 5.91 Å². The number of rotatable bonds is 4. The number of pyridine rings is 1. The molecule has 0 spiro atoms. The fraction of sp³-hybridized carbons (Fsp3) is 0.462. The van der Waals surface area contributed by atoms with Gasteiger partial charge in [-0.05, 0) is 25.5 Å². The summed E-state index contributed by atoms with van der Waals surface area (Å²) in [7, 11) is -3.13. The van der Waals surface area contributed by atoms with Gasteiger partial charge in [0.1, 0.15) is 5.15 Å². The highest BCUT2D eigenvalue weighted by atomic mass is 35.5. The molecule has 0 saturated carbocycles. The van der Waals surface area contributed by atoms with Crippen molar-refractivity contribution in [3.05, 3.63) is 29.0 Å². The van der Waals surface area contributed by atoms with Crippen LogP contribution in [0.1, 0.15) is 23.7 Å². The normalized spacial score (nSPS) is 23.0. The molecule has 1 saturated heterocycles. The van der Waals surface area contributed by atoms with E-state index in [-0.39, 0.29) is 22.2 Å². The molecule has 120 valence electrons. The van der Waals surface area contributed by atoms with Gasteiger partial charge < -0.3 is 10.1 Å². The minimum absolute atomic E-state index is 0.0123.